The minimum absolute atomic E-state index is 0.0494. The molecule has 4 nitrogen and oxygen atoms in total. The van der Waals surface area contributed by atoms with Crippen LogP contribution in [0.5, 0.6) is 0 Å². The topological polar surface area (TPSA) is 60.2 Å². The average molecular weight is 201 g/mol. The summed E-state index contributed by atoms with van der Waals surface area (Å²) in [6.07, 6.45) is 4.33. The van der Waals surface area contributed by atoms with E-state index in [4.69, 9.17) is 0 Å². The molecule has 0 saturated carbocycles. The number of carbonyl (C=O) groups excluding carboxylic acids is 1. The van der Waals surface area contributed by atoms with E-state index in [1.54, 1.807) is 0 Å². The molecule has 0 aromatic rings. The lowest BCUT2D eigenvalue weighted by atomic mass is 9.96. The van der Waals surface area contributed by atoms with E-state index in [9.17, 15) is 14.9 Å². The molecule has 0 fully saturated rings. The Balaban J connectivity index is 3.84. The van der Waals surface area contributed by atoms with Crippen molar-refractivity contribution in [2.24, 2.45) is 5.92 Å². The van der Waals surface area contributed by atoms with Crippen LogP contribution in [0.4, 0.5) is 0 Å². The van der Waals surface area contributed by atoms with E-state index in [0.717, 1.165) is 25.7 Å². The van der Waals surface area contributed by atoms with Gasteiger partial charge in [-0.1, -0.05) is 26.2 Å². The van der Waals surface area contributed by atoms with Crippen molar-refractivity contribution in [2.75, 3.05) is 6.54 Å². The highest BCUT2D eigenvalue weighted by Crippen LogP contribution is 2.14. The molecule has 0 aromatic carbocycles. The molecule has 14 heavy (non-hydrogen) atoms. The molecule has 0 radical (unpaired) electrons. The van der Waals surface area contributed by atoms with Gasteiger partial charge in [-0.3, -0.25) is 10.1 Å². The Morgan fingerprint density at radius 3 is 2.50 bits per heavy atom. The number of rotatable bonds is 8. The zero-order valence-corrected chi connectivity index (χ0v) is 8.99. The van der Waals surface area contributed by atoms with Gasteiger partial charge in [0, 0.05) is 17.3 Å². The molecule has 1 atom stereocenters. The Kier molecular flexibility index (Phi) is 6.98. The smallest absolute Gasteiger partial charge is 0.207 e. The van der Waals surface area contributed by atoms with Crippen LogP contribution in [0, 0.1) is 16.0 Å². The highest BCUT2D eigenvalue weighted by Gasteiger charge is 2.16. The average Bonchev–Trinajstić information content (AvgIpc) is 2.02. The molecule has 0 bridgehead atoms. The lowest BCUT2D eigenvalue weighted by molar-refractivity contribution is -0.488. The maximum atomic E-state index is 10.8. The first kappa shape index (κ1) is 13.1. The van der Waals surface area contributed by atoms with Gasteiger partial charge in [0.25, 0.3) is 0 Å². The van der Waals surface area contributed by atoms with Gasteiger partial charge in [-0.25, -0.2) is 0 Å². The van der Waals surface area contributed by atoms with Crippen molar-refractivity contribution in [3.63, 3.8) is 0 Å². The number of nitrogens with zero attached hydrogens (tertiary/aromatic N) is 1. The number of unbranched alkanes of at least 4 members (excludes halogenated alkanes) is 2. The molecule has 0 N–H and O–H groups in total. The Hall–Kier alpha value is -0.930. The number of nitro groups is 1. The Morgan fingerprint density at radius 2 is 2.07 bits per heavy atom. The quantitative estimate of drug-likeness (QED) is 0.344. The number of hydrogen-bond donors (Lipinski definition) is 0. The third-order valence-corrected chi connectivity index (χ3v) is 2.20. The largest absolute Gasteiger partial charge is 0.300 e. The first-order chi connectivity index (χ1) is 6.56. The maximum Gasteiger partial charge on any atom is 0.207 e. The molecule has 0 heterocycles. The highest BCUT2D eigenvalue weighted by atomic mass is 16.6. The fraction of sp³-hybridized carbons (Fsp3) is 0.900. The van der Waals surface area contributed by atoms with Gasteiger partial charge >= 0.3 is 0 Å². The molecule has 82 valence electrons. The van der Waals surface area contributed by atoms with Crippen LogP contribution >= 0.6 is 0 Å². The third kappa shape index (κ3) is 7.71. The minimum Gasteiger partial charge on any atom is -0.300 e. The van der Waals surface area contributed by atoms with E-state index in [-0.39, 0.29) is 23.2 Å². The SMILES string of the molecule is CCCCC[C@H](CC(C)=O)C[N+](=O)[O-]. The Labute approximate surface area is 84.8 Å². The number of carbonyl (C=O) groups is 1. The zero-order chi connectivity index (χ0) is 11.0. The molecule has 0 saturated heterocycles. The first-order valence-corrected chi connectivity index (χ1v) is 5.17. The van der Waals surface area contributed by atoms with Crippen LogP contribution in [-0.4, -0.2) is 17.3 Å². The third-order valence-electron chi connectivity index (χ3n) is 2.20. The van der Waals surface area contributed by atoms with E-state index < -0.39 is 0 Å². The van der Waals surface area contributed by atoms with Gasteiger partial charge in [0.15, 0.2) is 0 Å². The molecule has 0 aliphatic carbocycles. The predicted molar refractivity (Wildman–Crippen MR) is 54.8 cm³/mol. The summed E-state index contributed by atoms with van der Waals surface area (Å²) in [5.74, 6) is -0.0117. The lowest BCUT2D eigenvalue weighted by Gasteiger charge is -2.09. The van der Waals surface area contributed by atoms with Crippen LogP contribution in [0.1, 0.15) is 46.0 Å². The summed E-state index contributed by atoms with van der Waals surface area (Å²) in [6.45, 7) is 3.52. The molecule has 0 rings (SSSR count). The second-order valence-corrected chi connectivity index (χ2v) is 3.78. The molecular formula is C10H19NO3. The fourth-order valence-corrected chi connectivity index (χ4v) is 1.56. The molecule has 0 amide bonds. The number of Topliss-reactive ketones (excluding diaryl/α,β-unsaturated/α-hetero) is 1. The van der Waals surface area contributed by atoms with Crippen LogP contribution in [0.2, 0.25) is 0 Å². The summed E-state index contributed by atoms with van der Waals surface area (Å²) in [6, 6.07) is 0. The van der Waals surface area contributed by atoms with Crippen LogP contribution < -0.4 is 0 Å². The number of hydrogen-bond acceptors (Lipinski definition) is 3. The van der Waals surface area contributed by atoms with Gasteiger partial charge in [0.1, 0.15) is 5.78 Å². The fourth-order valence-electron chi connectivity index (χ4n) is 1.56. The molecule has 0 unspecified atom stereocenters. The summed E-state index contributed by atoms with van der Waals surface area (Å²) in [7, 11) is 0. The van der Waals surface area contributed by atoms with Crippen molar-refractivity contribution in [1.82, 2.24) is 0 Å². The van der Waals surface area contributed by atoms with Crippen LogP contribution in [0.25, 0.3) is 0 Å². The Bertz CT molecular complexity index is 176. The van der Waals surface area contributed by atoms with E-state index in [0.29, 0.717) is 6.42 Å². The molecular weight excluding hydrogens is 182 g/mol. The van der Waals surface area contributed by atoms with Crippen molar-refractivity contribution in [2.45, 2.75) is 46.0 Å². The van der Waals surface area contributed by atoms with Crippen LogP contribution in [0.15, 0.2) is 0 Å². The van der Waals surface area contributed by atoms with Crippen LogP contribution in [0.3, 0.4) is 0 Å². The monoisotopic (exact) mass is 201 g/mol. The van der Waals surface area contributed by atoms with Crippen molar-refractivity contribution in [1.29, 1.82) is 0 Å². The van der Waals surface area contributed by atoms with Gasteiger partial charge < -0.3 is 4.79 Å². The predicted octanol–water partition coefficient (Wildman–Crippen LogP) is 2.44. The molecule has 0 spiro atoms. The molecule has 0 aromatic heterocycles. The summed E-state index contributed by atoms with van der Waals surface area (Å²) in [5.41, 5.74) is 0. The van der Waals surface area contributed by atoms with Crippen molar-refractivity contribution in [3.8, 4) is 0 Å². The number of ketones is 1. The van der Waals surface area contributed by atoms with Gasteiger partial charge in [0.05, 0.1) is 0 Å². The maximum absolute atomic E-state index is 10.8. The van der Waals surface area contributed by atoms with E-state index >= 15 is 0 Å². The van der Waals surface area contributed by atoms with Crippen molar-refractivity contribution >= 4 is 5.78 Å². The molecule has 0 aliphatic heterocycles. The summed E-state index contributed by atoms with van der Waals surface area (Å²) >= 11 is 0. The van der Waals surface area contributed by atoms with Crippen LogP contribution in [-0.2, 0) is 4.79 Å². The summed E-state index contributed by atoms with van der Waals surface area (Å²) in [4.78, 5) is 20.8. The molecule has 4 heteroatoms. The first-order valence-electron chi connectivity index (χ1n) is 5.17. The molecule has 0 aliphatic rings. The van der Waals surface area contributed by atoms with E-state index in [1.807, 2.05) is 0 Å². The second-order valence-electron chi connectivity index (χ2n) is 3.78. The summed E-state index contributed by atoms with van der Waals surface area (Å²) in [5, 5.41) is 10.3. The van der Waals surface area contributed by atoms with E-state index in [1.165, 1.54) is 6.92 Å². The van der Waals surface area contributed by atoms with Gasteiger partial charge in [-0.2, -0.15) is 0 Å². The Morgan fingerprint density at radius 1 is 1.43 bits per heavy atom. The summed E-state index contributed by atoms with van der Waals surface area (Å²) < 4.78 is 0. The minimum atomic E-state index is -0.320. The van der Waals surface area contributed by atoms with E-state index in [2.05, 4.69) is 6.92 Å². The highest BCUT2D eigenvalue weighted by molar-refractivity contribution is 5.75. The standard InChI is InChI=1S/C10H19NO3/c1-3-4-5-6-10(7-9(2)12)8-11(13)14/h10H,3-8H2,1-2H3/t10-/m1/s1. The lowest BCUT2D eigenvalue weighted by Crippen LogP contribution is -2.17. The zero-order valence-electron chi connectivity index (χ0n) is 8.99. The van der Waals surface area contributed by atoms with Crippen molar-refractivity contribution in [3.05, 3.63) is 10.1 Å². The van der Waals surface area contributed by atoms with Crippen molar-refractivity contribution < 1.29 is 9.72 Å². The second kappa shape index (κ2) is 7.47. The van der Waals surface area contributed by atoms with Gasteiger partial charge in [-0.15, -0.1) is 0 Å². The van der Waals surface area contributed by atoms with Gasteiger partial charge in [-0.05, 0) is 13.3 Å². The normalized spacial score (nSPS) is 12.4. The van der Waals surface area contributed by atoms with Gasteiger partial charge in [0.2, 0.25) is 6.54 Å².